The first-order valence-corrected chi connectivity index (χ1v) is 12.4. The Labute approximate surface area is 185 Å². The van der Waals surface area contributed by atoms with Crippen LogP contribution in [-0.4, -0.2) is 32.7 Å². The van der Waals surface area contributed by atoms with Crippen LogP contribution in [0.4, 0.5) is 5.69 Å². The van der Waals surface area contributed by atoms with Crippen molar-refractivity contribution in [1.82, 2.24) is 5.32 Å². The summed E-state index contributed by atoms with van der Waals surface area (Å²) < 4.78 is 32.5. The molecule has 2 aromatic rings. The van der Waals surface area contributed by atoms with E-state index in [-0.39, 0.29) is 24.4 Å². The second kappa shape index (κ2) is 8.54. The summed E-state index contributed by atoms with van der Waals surface area (Å²) in [7, 11) is -3.65. The SMILES string of the molecule is Cc1ccc2c(c1)C(NC(=O)CN(c1ccccc1C(C)C)S(C)(=O)=O)CC(C)(C)O2. The Bertz CT molecular complexity index is 1080. The normalized spacial score (nSPS) is 17.6. The predicted octanol–water partition coefficient (Wildman–Crippen LogP) is 4.30. The molecule has 6 nitrogen and oxygen atoms in total. The number of nitrogens with zero attached hydrogens (tertiary/aromatic N) is 1. The number of hydrogen-bond acceptors (Lipinski definition) is 4. The minimum Gasteiger partial charge on any atom is -0.487 e. The second-order valence-electron chi connectivity index (χ2n) is 9.21. The van der Waals surface area contributed by atoms with E-state index in [0.717, 1.165) is 28.7 Å². The number of carbonyl (C=O) groups excluding carboxylic acids is 1. The zero-order valence-corrected chi connectivity index (χ0v) is 19.9. The topological polar surface area (TPSA) is 75.7 Å². The van der Waals surface area contributed by atoms with E-state index >= 15 is 0 Å². The Balaban J connectivity index is 1.89. The van der Waals surface area contributed by atoms with E-state index in [4.69, 9.17) is 4.74 Å². The number of anilines is 1. The number of rotatable bonds is 6. The van der Waals surface area contributed by atoms with Crippen LogP contribution in [0.2, 0.25) is 0 Å². The third kappa shape index (κ3) is 5.39. The summed E-state index contributed by atoms with van der Waals surface area (Å²) >= 11 is 0. The minimum atomic E-state index is -3.65. The lowest BCUT2D eigenvalue weighted by molar-refractivity contribution is -0.120. The van der Waals surface area contributed by atoms with Crippen molar-refractivity contribution in [3.8, 4) is 5.75 Å². The van der Waals surface area contributed by atoms with Crippen molar-refractivity contribution in [1.29, 1.82) is 0 Å². The number of ether oxygens (including phenoxy) is 1. The second-order valence-corrected chi connectivity index (χ2v) is 11.1. The van der Waals surface area contributed by atoms with Gasteiger partial charge >= 0.3 is 0 Å². The average Bonchev–Trinajstić information content (AvgIpc) is 2.65. The van der Waals surface area contributed by atoms with Crippen molar-refractivity contribution < 1.29 is 17.9 Å². The molecule has 0 radical (unpaired) electrons. The van der Waals surface area contributed by atoms with Crippen molar-refractivity contribution in [3.63, 3.8) is 0 Å². The zero-order valence-electron chi connectivity index (χ0n) is 19.1. The zero-order chi connectivity index (χ0) is 23.0. The Morgan fingerprint density at radius 1 is 1.23 bits per heavy atom. The average molecular weight is 445 g/mol. The fourth-order valence-corrected chi connectivity index (χ4v) is 4.93. The molecule has 1 atom stereocenters. The standard InChI is InChI=1S/C24H32N2O4S/c1-16(2)18-9-7-8-10-21(18)26(31(6,28)29)15-23(27)25-20-14-24(4,5)30-22-12-11-17(3)13-19(20)22/h7-13,16,20H,14-15H2,1-6H3,(H,25,27). The first-order chi connectivity index (χ1) is 14.4. The summed E-state index contributed by atoms with van der Waals surface area (Å²) in [5.41, 5.74) is 2.97. The maximum Gasteiger partial charge on any atom is 0.241 e. The maximum absolute atomic E-state index is 13.1. The maximum atomic E-state index is 13.1. The van der Waals surface area contributed by atoms with Gasteiger partial charge in [0.25, 0.3) is 0 Å². The molecular formula is C24H32N2O4S. The Morgan fingerprint density at radius 2 is 1.90 bits per heavy atom. The number of fused-ring (bicyclic) bond motifs is 1. The Morgan fingerprint density at radius 3 is 2.55 bits per heavy atom. The molecule has 1 N–H and O–H groups in total. The summed E-state index contributed by atoms with van der Waals surface area (Å²) in [6.45, 7) is 9.69. The monoisotopic (exact) mass is 444 g/mol. The van der Waals surface area contributed by atoms with Crippen molar-refractivity contribution in [2.75, 3.05) is 17.1 Å². The van der Waals surface area contributed by atoms with Crippen LogP contribution in [0.5, 0.6) is 5.75 Å². The van der Waals surface area contributed by atoms with E-state index < -0.39 is 15.6 Å². The van der Waals surface area contributed by atoms with E-state index in [1.165, 1.54) is 4.31 Å². The molecule has 0 aromatic heterocycles. The Hall–Kier alpha value is -2.54. The minimum absolute atomic E-state index is 0.120. The molecule has 168 valence electrons. The van der Waals surface area contributed by atoms with Gasteiger partial charge in [-0.05, 0) is 44.4 Å². The summed E-state index contributed by atoms with van der Waals surface area (Å²) in [5, 5.41) is 3.05. The van der Waals surface area contributed by atoms with Gasteiger partial charge in [-0.15, -0.1) is 0 Å². The molecule has 1 amide bonds. The van der Waals surface area contributed by atoms with Gasteiger partial charge in [-0.1, -0.05) is 49.7 Å². The number of aryl methyl sites for hydroxylation is 1. The highest BCUT2D eigenvalue weighted by Gasteiger charge is 2.35. The number of amides is 1. The summed E-state index contributed by atoms with van der Waals surface area (Å²) in [4.78, 5) is 13.1. The number of sulfonamides is 1. The molecule has 3 rings (SSSR count). The van der Waals surface area contributed by atoms with Crippen LogP contribution in [0.1, 0.15) is 62.8 Å². The van der Waals surface area contributed by atoms with Crippen molar-refractivity contribution in [2.45, 2.75) is 58.6 Å². The van der Waals surface area contributed by atoms with E-state index in [9.17, 15) is 13.2 Å². The molecule has 0 aliphatic carbocycles. The molecule has 1 aliphatic heterocycles. The van der Waals surface area contributed by atoms with Gasteiger partial charge in [0.15, 0.2) is 0 Å². The lowest BCUT2D eigenvalue weighted by Crippen LogP contribution is -2.45. The molecule has 0 saturated heterocycles. The smallest absolute Gasteiger partial charge is 0.241 e. The molecule has 1 aliphatic rings. The number of nitrogens with one attached hydrogen (secondary N) is 1. The van der Waals surface area contributed by atoms with Crippen LogP contribution < -0.4 is 14.4 Å². The number of benzene rings is 2. The molecule has 2 aromatic carbocycles. The molecule has 1 unspecified atom stereocenters. The molecule has 31 heavy (non-hydrogen) atoms. The molecule has 0 saturated carbocycles. The first kappa shape index (κ1) is 23.1. The molecule has 0 bridgehead atoms. The molecule has 7 heteroatoms. The van der Waals surface area contributed by atoms with Gasteiger partial charge in [0.05, 0.1) is 18.0 Å². The lowest BCUT2D eigenvalue weighted by atomic mass is 9.89. The Kier molecular flexibility index (Phi) is 6.37. The van der Waals surface area contributed by atoms with Crippen LogP contribution in [-0.2, 0) is 14.8 Å². The fraction of sp³-hybridized carbons (Fsp3) is 0.458. The molecule has 0 fully saturated rings. The third-order valence-corrected chi connectivity index (χ3v) is 6.60. The van der Waals surface area contributed by atoms with Gasteiger partial charge in [0.1, 0.15) is 17.9 Å². The summed E-state index contributed by atoms with van der Waals surface area (Å²) in [5.74, 6) is 0.520. The molecular weight excluding hydrogens is 412 g/mol. The molecule has 0 spiro atoms. The van der Waals surface area contributed by atoms with Crippen molar-refractivity contribution in [3.05, 3.63) is 59.2 Å². The summed E-state index contributed by atoms with van der Waals surface area (Å²) in [6, 6.07) is 13.0. The van der Waals surface area contributed by atoms with Gasteiger partial charge < -0.3 is 10.1 Å². The fourth-order valence-electron chi connectivity index (χ4n) is 4.06. The van der Waals surface area contributed by atoms with Gasteiger partial charge in [0, 0.05) is 12.0 Å². The third-order valence-electron chi connectivity index (χ3n) is 5.47. The van der Waals surface area contributed by atoms with Crippen LogP contribution in [0.3, 0.4) is 0 Å². The van der Waals surface area contributed by atoms with Crippen molar-refractivity contribution >= 4 is 21.6 Å². The predicted molar refractivity (Wildman–Crippen MR) is 124 cm³/mol. The number of hydrogen-bond donors (Lipinski definition) is 1. The van der Waals surface area contributed by atoms with E-state index in [2.05, 4.69) is 5.32 Å². The van der Waals surface area contributed by atoms with Crippen LogP contribution in [0.25, 0.3) is 0 Å². The number of para-hydroxylation sites is 1. The lowest BCUT2D eigenvalue weighted by Gasteiger charge is -2.38. The largest absolute Gasteiger partial charge is 0.487 e. The quantitative estimate of drug-likeness (QED) is 0.721. The highest BCUT2D eigenvalue weighted by atomic mass is 32.2. The van der Waals surface area contributed by atoms with E-state index in [1.807, 2.05) is 65.0 Å². The van der Waals surface area contributed by atoms with E-state index in [1.54, 1.807) is 12.1 Å². The van der Waals surface area contributed by atoms with Gasteiger partial charge in [-0.2, -0.15) is 0 Å². The highest BCUT2D eigenvalue weighted by molar-refractivity contribution is 7.92. The van der Waals surface area contributed by atoms with Crippen LogP contribution in [0.15, 0.2) is 42.5 Å². The molecule has 1 heterocycles. The van der Waals surface area contributed by atoms with Gasteiger partial charge in [-0.25, -0.2) is 8.42 Å². The first-order valence-electron chi connectivity index (χ1n) is 10.5. The van der Waals surface area contributed by atoms with Gasteiger partial charge in [-0.3, -0.25) is 9.10 Å². The van der Waals surface area contributed by atoms with Crippen LogP contribution in [0, 0.1) is 6.92 Å². The summed E-state index contributed by atoms with van der Waals surface area (Å²) in [6.07, 6.45) is 1.73. The van der Waals surface area contributed by atoms with E-state index in [0.29, 0.717) is 12.1 Å². The number of carbonyl (C=O) groups is 1. The van der Waals surface area contributed by atoms with Crippen molar-refractivity contribution in [2.24, 2.45) is 0 Å². The highest BCUT2D eigenvalue weighted by Crippen LogP contribution is 2.40. The van der Waals surface area contributed by atoms with Crippen LogP contribution >= 0.6 is 0 Å². The van der Waals surface area contributed by atoms with Gasteiger partial charge in [0.2, 0.25) is 15.9 Å².